The van der Waals surface area contributed by atoms with Crippen LogP contribution < -0.4 is 0 Å². The fourth-order valence-corrected chi connectivity index (χ4v) is 2.44. The molecule has 20 heavy (non-hydrogen) atoms. The van der Waals surface area contributed by atoms with Crippen molar-refractivity contribution in [2.75, 3.05) is 0 Å². The molecule has 106 valence electrons. The van der Waals surface area contributed by atoms with Gasteiger partial charge in [0, 0.05) is 11.0 Å². The quantitative estimate of drug-likeness (QED) is 0.581. The molecule has 0 atom stereocenters. The van der Waals surface area contributed by atoms with E-state index in [2.05, 4.69) is 57.8 Å². The largest absolute Gasteiger partial charge is 0.240 e. The number of allylic oxidation sites excluding steroid dienone is 4. The molecule has 0 bridgehead atoms. The maximum absolute atomic E-state index is 6.36. The molecule has 0 unspecified atom stereocenters. The van der Waals surface area contributed by atoms with E-state index in [1.807, 2.05) is 12.1 Å². The van der Waals surface area contributed by atoms with Gasteiger partial charge in [-0.15, -0.1) is 0 Å². The molecule has 2 rings (SSSR count). The van der Waals surface area contributed by atoms with Crippen LogP contribution in [0.5, 0.6) is 0 Å². The van der Waals surface area contributed by atoms with Gasteiger partial charge in [0.15, 0.2) is 0 Å². The van der Waals surface area contributed by atoms with Crippen LogP contribution in [0.3, 0.4) is 0 Å². The van der Waals surface area contributed by atoms with Crippen LogP contribution in [0.4, 0.5) is 5.69 Å². The number of hydrogen-bond acceptors (Lipinski definition) is 1. The molecule has 1 aromatic carbocycles. The Kier molecular flexibility index (Phi) is 4.19. The van der Waals surface area contributed by atoms with Crippen molar-refractivity contribution in [1.29, 1.82) is 0 Å². The fourth-order valence-electron chi connectivity index (χ4n) is 2.35. The van der Waals surface area contributed by atoms with Crippen LogP contribution in [-0.2, 0) is 0 Å². The first-order valence-corrected chi connectivity index (χ1v) is 7.39. The highest BCUT2D eigenvalue weighted by Gasteiger charge is 2.19. The summed E-state index contributed by atoms with van der Waals surface area (Å²) >= 11 is 6.36. The van der Waals surface area contributed by atoms with Gasteiger partial charge in [0.05, 0.1) is 5.69 Å². The molecule has 0 heterocycles. The second-order valence-corrected chi connectivity index (χ2v) is 6.77. The second kappa shape index (κ2) is 5.57. The summed E-state index contributed by atoms with van der Waals surface area (Å²) in [5, 5.41) is 0.642. The summed E-state index contributed by atoms with van der Waals surface area (Å²) in [5.74, 6) is 0. The number of benzene rings is 1. The first-order chi connectivity index (χ1) is 9.30. The minimum absolute atomic E-state index is 0.126. The summed E-state index contributed by atoms with van der Waals surface area (Å²) in [6, 6.07) is 8.24. The number of para-hydroxylation sites is 1. The number of nitrogens with zero attached hydrogens (tertiary/aromatic N) is 1. The van der Waals surface area contributed by atoms with Crippen molar-refractivity contribution in [2.45, 2.75) is 41.0 Å². The van der Waals surface area contributed by atoms with Crippen LogP contribution in [-0.4, -0.2) is 5.17 Å². The van der Waals surface area contributed by atoms with Gasteiger partial charge < -0.3 is 0 Å². The highest BCUT2D eigenvalue weighted by molar-refractivity contribution is 6.66. The van der Waals surface area contributed by atoms with E-state index in [1.165, 1.54) is 22.3 Å². The lowest BCUT2D eigenvalue weighted by atomic mass is 9.96. The molecule has 1 aromatic rings. The summed E-state index contributed by atoms with van der Waals surface area (Å²) in [5.41, 5.74) is 6.06. The lowest BCUT2D eigenvalue weighted by molar-refractivity contribution is 0.601. The predicted octanol–water partition coefficient (Wildman–Crippen LogP) is 6.13. The predicted molar refractivity (Wildman–Crippen MR) is 89.8 cm³/mol. The zero-order valence-corrected chi connectivity index (χ0v) is 13.7. The molecule has 2 heteroatoms. The molecule has 1 nitrogen and oxygen atoms in total. The van der Waals surface area contributed by atoms with E-state index in [9.17, 15) is 0 Å². The van der Waals surface area contributed by atoms with E-state index < -0.39 is 0 Å². The average molecular weight is 288 g/mol. The van der Waals surface area contributed by atoms with Crippen molar-refractivity contribution in [1.82, 2.24) is 0 Å². The average Bonchev–Trinajstić information content (AvgIpc) is 2.69. The standard InChI is InChI=1S/C18H22ClN/c1-12-10-11-13(2)16(12)14-8-6-7-9-15(14)20-17(19)18(3,4)5/h6-10H,11H2,1-5H3. The maximum Gasteiger partial charge on any atom is 0.112 e. The minimum Gasteiger partial charge on any atom is -0.240 e. The normalized spacial score (nSPS) is 16.7. The smallest absolute Gasteiger partial charge is 0.112 e. The van der Waals surface area contributed by atoms with Gasteiger partial charge in [0.2, 0.25) is 0 Å². The number of hydrogen-bond donors (Lipinski definition) is 0. The monoisotopic (exact) mass is 287 g/mol. The minimum atomic E-state index is -0.126. The summed E-state index contributed by atoms with van der Waals surface area (Å²) < 4.78 is 0. The summed E-state index contributed by atoms with van der Waals surface area (Å²) in [7, 11) is 0. The van der Waals surface area contributed by atoms with Crippen LogP contribution >= 0.6 is 11.6 Å². The van der Waals surface area contributed by atoms with Crippen LogP contribution in [0.15, 0.2) is 46.5 Å². The van der Waals surface area contributed by atoms with Crippen LogP contribution in [0.1, 0.15) is 46.6 Å². The molecule has 0 N–H and O–H groups in total. The highest BCUT2D eigenvalue weighted by Crippen LogP contribution is 2.39. The Morgan fingerprint density at radius 3 is 2.35 bits per heavy atom. The first kappa shape index (κ1) is 15.1. The lowest BCUT2D eigenvalue weighted by Crippen LogP contribution is -2.14. The van der Waals surface area contributed by atoms with E-state index >= 15 is 0 Å². The number of halogens is 1. The number of rotatable bonds is 2. The summed E-state index contributed by atoms with van der Waals surface area (Å²) in [6.45, 7) is 10.6. The molecular formula is C18H22ClN. The van der Waals surface area contributed by atoms with E-state index in [1.54, 1.807) is 0 Å². The topological polar surface area (TPSA) is 12.4 Å². The Labute approximate surface area is 127 Å². The zero-order valence-electron chi connectivity index (χ0n) is 12.9. The van der Waals surface area contributed by atoms with Gasteiger partial charge in [0.1, 0.15) is 5.17 Å². The van der Waals surface area contributed by atoms with Gasteiger partial charge in [-0.25, -0.2) is 4.99 Å². The first-order valence-electron chi connectivity index (χ1n) is 7.01. The van der Waals surface area contributed by atoms with Crippen LogP contribution in [0.25, 0.3) is 5.57 Å². The van der Waals surface area contributed by atoms with E-state index in [4.69, 9.17) is 11.6 Å². The van der Waals surface area contributed by atoms with Crippen molar-refractivity contribution in [3.63, 3.8) is 0 Å². The SMILES string of the molecule is CC1=CCC(C)=C1c1ccccc1N=C(Cl)C(C)(C)C. The molecule has 0 aromatic heterocycles. The second-order valence-electron chi connectivity index (χ2n) is 6.42. The third-order valence-corrected chi connectivity index (χ3v) is 4.20. The Bertz CT molecular complexity index is 613. The molecule has 0 amide bonds. The number of aliphatic imine (C=N–C) groups is 1. The maximum atomic E-state index is 6.36. The molecule has 1 aliphatic carbocycles. The van der Waals surface area contributed by atoms with Gasteiger partial charge in [-0.2, -0.15) is 0 Å². The molecule has 0 radical (unpaired) electrons. The Morgan fingerprint density at radius 1 is 1.15 bits per heavy atom. The van der Waals surface area contributed by atoms with Crippen molar-refractivity contribution >= 4 is 28.0 Å². The molecular weight excluding hydrogens is 266 g/mol. The molecule has 0 saturated heterocycles. The van der Waals surface area contributed by atoms with Crippen molar-refractivity contribution < 1.29 is 0 Å². The third kappa shape index (κ3) is 3.04. The fraction of sp³-hybridized carbons (Fsp3) is 0.389. The molecule has 0 aliphatic heterocycles. The lowest BCUT2D eigenvalue weighted by Gasteiger charge is -2.17. The van der Waals surface area contributed by atoms with Crippen molar-refractivity contribution in [3.8, 4) is 0 Å². The molecule has 0 saturated carbocycles. The molecule has 0 fully saturated rings. The van der Waals surface area contributed by atoms with Gasteiger partial charge in [-0.3, -0.25) is 0 Å². The van der Waals surface area contributed by atoms with Gasteiger partial charge in [0.25, 0.3) is 0 Å². The van der Waals surface area contributed by atoms with Gasteiger partial charge >= 0.3 is 0 Å². The Morgan fingerprint density at radius 2 is 1.80 bits per heavy atom. The van der Waals surface area contributed by atoms with Gasteiger partial charge in [-0.1, -0.05) is 62.2 Å². The van der Waals surface area contributed by atoms with Crippen LogP contribution in [0, 0.1) is 5.41 Å². The highest BCUT2D eigenvalue weighted by atomic mass is 35.5. The summed E-state index contributed by atoms with van der Waals surface area (Å²) in [6.07, 6.45) is 3.31. The summed E-state index contributed by atoms with van der Waals surface area (Å²) in [4.78, 5) is 4.66. The Balaban J connectivity index is 2.54. The van der Waals surface area contributed by atoms with Crippen molar-refractivity contribution in [2.24, 2.45) is 10.4 Å². The van der Waals surface area contributed by atoms with E-state index in [0.717, 1.165) is 12.1 Å². The Hall–Kier alpha value is -1.34. The van der Waals surface area contributed by atoms with Gasteiger partial charge in [-0.05, 0) is 37.5 Å². The third-order valence-electron chi connectivity index (χ3n) is 3.55. The zero-order chi connectivity index (χ0) is 14.9. The molecule has 0 spiro atoms. The molecule has 1 aliphatic rings. The van der Waals surface area contributed by atoms with E-state index in [-0.39, 0.29) is 5.41 Å². The van der Waals surface area contributed by atoms with Crippen molar-refractivity contribution in [3.05, 3.63) is 47.1 Å². The van der Waals surface area contributed by atoms with Crippen LogP contribution in [0.2, 0.25) is 0 Å². The van der Waals surface area contributed by atoms with E-state index in [0.29, 0.717) is 5.17 Å².